The largest absolute Gasteiger partial charge is 0.378 e. The SMILES string of the molecule is O=C(CN1C(=O)S/C(=C/c2c3ccccc3cc3ccccc23)C1=O)N1CCOCC1. The molecule has 0 saturated carbocycles. The van der Waals surface area contributed by atoms with Gasteiger partial charge >= 0.3 is 0 Å². The van der Waals surface area contributed by atoms with Gasteiger partial charge in [-0.1, -0.05) is 48.5 Å². The van der Waals surface area contributed by atoms with Crippen molar-refractivity contribution in [3.8, 4) is 0 Å². The van der Waals surface area contributed by atoms with Crippen molar-refractivity contribution in [3.05, 3.63) is 65.1 Å². The fraction of sp³-hybridized carbons (Fsp3) is 0.208. The van der Waals surface area contributed by atoms with E-state index in [2.05, 4.69) is 6.07 Å². The lowest BCUT2D eigenvalue weighted by Gasteiger charge is -2.28. The van der Waals surface area contributed by atoms with Crippen molar-refractivity contribution in [2.24, 2.45) is 0 Å². The third-order valence-corrected chi connectivity index (χ3v) is 6.53. The van der Waals surface area contributed by atoms with Gasteiger partial charge in [-0.2, -0.15) is 0 Å². The molecule has 31 heavy (non-hydrogen) atoms. The highest BCUT2D eigenvalue weighted by molar-refractivity contribution is 8.18. The van der Waals surface area contributed by atoms with Crippen LogP contribution in [0.25, 0.3) is 27.6 Å². The molecule has 156 valence electrons. The van der Waals surface area contributed by atoms with Crippen LogP contribution >= 0.6 is 11.8 Å². The van der Waals surface area contributed by atoms with Crippen molar-refractivity contribution in [3.63, 3.8) is 0 Å². The van der Waals surface area contributed by atoms with E-state index in [1.807, 2.05) is 48.5 Å². The highest BCUT2D eigenvalue weighted by atomic mass is 32.2. The number of hydrogen-bond acceptors (Lipinski definition) is 5. The van der Waals surface area contributed by atoms with Crippen molar-refractivity contribution < 1.29 is 19.1 Å². The fourth-order valence-electron chi connectivity index (χ4n) is 4.02. The Morgan fingerprint density at radius 3 is 2.23 bits per heavy atom. The first-order chi connectivity index (χ1) is 15.1. The van der Waals surface area contributed by atoms with Crippen LogP contribution in [-0.4, -0.2) is 59.7 Å². The normalized spacial score (nSPS) is 18.5. The number of imide groups is 1. The Bertz CT molecular complexity index is 1190. The summed E-state index contributed by atoms with van der Waals surface area (Å²) >= 11 is 0.885. The predicted octanol–water partition coefficient (Wildman–Crippen LogP) is 3.89. The minimum absolute atomic E-state index is 0.234. The Balaban J connectivity index is 1.50. The average molecular weight is 433 g/mol. The van der Waals surface area contributed by atoms with E-state index < -0.39 is 11.1 Å². The maximum Gasteiger partial charge on any atom is 0.294 e. The van der Waals surface area contributed by atoms with E-state index in [1.165, 1.54) is 0 Å². The second kappa shape index (κ2) is 8.17. The number of carbonyl (C=O) groups is 3. The maximum atomic E-state index is 13.0. The van der Waals surface area contributed by atoms with Gasteiger partial charge in [0, 0.05) is 13.1 Å². The topological polar surface area (TPSA) is 66.9 Å². The van der Waals surface area contributed by atoms with Crippen LogP contribution in [0.1, 0.15) is 5.56 Å². The third kappa shape index (κ3) is 3.71. The van der Waals surface area contributed by atoms with Gasteiger partial charge in [-0.25, -0.2) is 0 Å². The number of benzene rings is 3. The van der Waals surface area contributed by atoms with Gasteiger partial charge in [-0.05, 0) is 51.0 Å². The Labute approximate surface area is 183 Å². The second-order valence-electron chi connectivity index (χ2n) is 7.49. The molecule has 0 bridgehead atoms. The molecule has 2 aliphatic rings. The summed E-state index contributed by atoms with van der Waals surface area (Å²) in [6.07, 6.45) is 1.79. The van der Waals surface area contributed by atoms with Gasteiger partial charge in [0.1, 0.15) is 6.54 Å². The van der Waals surface area contributed by atoms with Crippen molar-refractivity contribution in [2.75, 3.05) is 32.8 Å². The highest BCUT2D eigenvalue weighted by Gasteiger charge is 2.37. The number of thioether (sulfide) groups is 1. The van der Waals surface area contributed by atoms with E-state index in [9.17, 15) is 14.4 Å². The van der Waals surface area contributed by atoms with Crippen molar-refractivity contribution in [2.45, 2.75) is 0 Å². The first-order valence-electron chi connectivity index (χ1n) is 10.1. The standard InChI is InChI=1S/C24H20N2O4S/c27-22(25-9-11-30-12-10-25)15-26-23(28)21(31-24(26)29)14-20-18-7-3-1-5-16(18)13-17-6-2-4-8-19(17)20/h1-8,13-14H,9-12,15H2/b21-14+. The summed E-state index contributed by atoms with van der Waals surface area (Å²) < 4.78 is 5.26. The minimum atomic E-state index is -0.423. The molecule has 7 heteroatoms. The van der Waals surface area contributed by atoms with Crippen LogP contribution in [0.4, 0.5) is 4.79 Å². The lowest BCUT2D eigenvalue weighted by molar-refractivity contribution is -0.139. The highest BCUT2D eigenvalue weighted by Crippen LogP contribution is 2.36. The first-order valence-corrected chi connectivity index (χ1v) is 10.9. The molecule has 0 unspecified atom stereocenters. The number of morpholine rings is 1. The van der Waals surface area contributed by atoms with Gasteiger partial charge in [0.05, 0.1) is 18.1 Å². The molecule has 0 spiro atoms. The molecular weight excluding hydrogens is 412 g/mol. The van der Waals surface area contributed by atoms with Gasteiger partial charge in [0.25, 0.3) is 11.1 Å². The van der Waals surface area contributed by atoms with E-state index in [0.29, 0.717) is 31.2 Å². The van der Waals surface area contributed by atoms with Crippen LogP contribution in [0.5, 0.6) is 0 Å². The lowest BCUT2D eigenvalue weighted by Crippen LogP contribution is -2.46. The Morgan fingerprint density at radius 2 is 1.58 bits per heavy atom. The lowest BCUT2D eigenvalue weighted by atomic mass is 9.96. The van der Waals surface area contributed by atoms with Crippen molar-refractivity contribution in [1.82, 2.24) is 9.80 Å². The molecule has 0 atom stereocenters. The number of amides is 3. The summed E-state index contributed by atoms with van der Waals surface area (Å²) in [7, 11) is 0. The summed E-state index contributed by atoms with van der Waals surface area (Å²) in [4.78, 5) is 41.2. The number of rotatable bonds is 3. The summed E-state index contributed by atoms with van der Waals surface area (Å²) in [6, 6.07) is 18.1. The molecule has 0 aromatic heterocycles. The zero-order valence-corrected chi connectivity index (χ0v) is 17.6. The zero-order valence-electron chi connectivity index (χ0n) is 16.7. The summed E-state index contributed by atoms with van der Waals surface area (Å²) in [6.45, 7) is 1.67. The molecule has 0 radical (unpaired) electrons. The molecule has 2 aliphatic heterocycles. The average Bonchev–Trinajstić information content (AvgIpc) is 3.06. The molecule has 0 aliphatic carbocycles. The number of nitrogens with zero attached hydrogens (tertiary/aromatic N) is 2. The van der Waals surface area contributed by atoms with Crippen molar-refractivity contribution in [1.29, 1.82) is 0 Å². The van der Waals surface area contributed by atoms with E-state index in [0.717, 1.165) is 43.8 Å². The molecular formula is C24H20N2O4S. The molecule has 6 nitrogen and oxygen atoms in total. The van der Waals surface area contributed by atoms with Crippen LogP contribution in [0.3, 0.4) is 0 Å². The molecule has 3 aromatic rings. The third-order valence-electron chi connectivity index (χ3n) is 5.62. The molecule has 5 rings (SSSR count). The number of ether oxygens (including phenoxy) is 1. The fourth-order valence-corrected chi connectivity index (χ4v) is 4.84. The minimum Gasteiger partial charge on any atom is -0.378 e. The molecule has 3 aromatic carbocycles. The van der Waals surface area contributed by atoms with Crippen molar-refractivity contribution >= 4 is 56.4 Å². The van der Waals surface area contributed by atoms with Crippen LogP contribution in [-0.2, 0) is 14.3 Å². The number of fused-ring (bicyclic) bond motifs is 2. The summed E-state index contributed by atoms with van der Waals surface area (Å²) in [5.41, 5.74) is 0.902. The summed E-state index contributed by atoms with van der Waals surface area (Å²) in [5.74, 6) is -0.656. The van der Waals surface area contributed by atoms with Gasteiger partial charge in [0.15, 0.2) is 0 Å². The van der Waals surface area contributed by atoms with Crippen LogP contribution in [0, 0.1) is 0 Å². The van der Waals surface area contributed by atoms with Gasteiger partial charge in [-0.3, -0.25) is 19.3 Å². The van der Waals surface area contributed by atoms with Crippen LogP contribution in [0.2, 0.25) is 0 Å². The zero-order chi connectivity index (χ0) is 21.4. The van der Waals surface area contributed by atoms with E-state index in [-0.39, 0.29) is 12.5 Å². The smallest absolute Gasteiger partial charge is 0.294 e. The maximum absolute atomic E-state index is 13.0. The van der Waals surface area contributed by atoms with E-state index >= 15 is 0 Å². The van der Waals surface area contributed by atoms with Gasteiger partial charge in [0.2, 0.25) is 5.91 Å². The molecule has 0 N–H and O–H groups in total. The number of hydrogen-bond donors (Lipinski definition) is 0. The van der Waals surface area contributed by atoms with Gasteiger partial charge in [-0.15, -0.1) is 0 Å². The molecule has 2 heterocycles. The molecule has 3 amide bonds. The van der Waals surface area contributed by atoms with Crippen LogP contribution in [0.15, 0.2) is 59.5 Å². The monoisotopic (exact) mass is 432 g/mol. The molecule has 2 saturated heterocycles. The Kier molecular flexibility index (Phi) is 5.21. The van der Waals surface area contributed by atoms with Gasteiger partial charge < -0.3 is 9.64 Å². The Hall–Kier alpha value is -3.16. The first kappa shape index (κ1) is 19.8. The summed E-state index contributed by atoms with van der Waals surface area (Å²) in [5, 5.41) is 3.74. The van der Waals surface area contributed by atoms with Crippen LogP contribution < -0.4 is 0 Å². The number of carbonyl (C=O) groups excluding carboxylic acids is 3. The molecule has 2 fully saturated rings. The Morgan fingerprint density at radius 1 is 0.968 bits per heavy atom. The van der Waals surface area contributed by atoms with E-state index in [4.69, 9.17) is 4.74 Å². The predicted molar refractivity (Wildman–Crippen MR) is 122 cm³/mol. The second-order valence-corrected chi connectivity index (χ2v) is 8.49. The van der Waals surface area contributed by atoms with E-state index in [1.54, 1.807) is 11.0 Å². The quantitative estimate of drug-likeness (QED) is 0.464.